The van der Waals surface area contributed by atoms with E-state index >= 15 is 0 Å². The van der Waals surface area contributed by atoms with Gasteiger partial charge in [0.25, 0.3) is 5.69 Å². The monoisotopic (exact) mass is 298 g/mol. The predicted molar refractivity (Wildman–Crippen MR) is 76.2 cm³/mol. The van der Waals surface area contributed by atoms with Crippen molar-refractivity contribution in [3.05, 3.63) is 39.9 Å². The SMILES string of the molecule is NC(Cc1ccc([N+](=O)[O-])cc1)C1CCCCS1(=O)=O. The highest BCUT2D eigenvalue weighted by Crippen LogP contribution is 2.23. The minimum atomic E-state index is -3.10. The van der Waals surface area contributed by atoms with Gasteiger partial charge in [-0.2, -0.15) is 0 Å². The highest BCUT2D eigenvalue weighted by molar-refractivity contribution is 7.92. The molecule has 0 amide bonds. The van der Waals surface area contributed by atoms with Crippen LogP contribution < -0.4 is 5.73 Å². The predicted octanol–water partition coefficient (Wildman–Crippen LogP) is 1.43. The van der Waals surface area contributed by atoms with Gasteiger partial charge in [-0.1, -0.05) is 18.6 Å². The third-order valence-corrected chi connectivity index (χ3v) is 6.09. The van der Waals surface area contributed by atoms with Crippen molar-refractivity contribution in [2.45, 2.75) is 37.0 Å². The summed E-state index contributed by atoms with van der Waals surface area (Å²) < 4.78 is 24.0. The van der Waals surface area contributed by atoms with Gasteiger partial charge in [-0.15, -0.1) is 0 Å². The lowest BCUT2D eigenvalue weighted by Gasteiger charge is -2.27. The average molecular weight is 298 g/mol. The fourth-order valence-electron chi connectivity index (χ4n) is 2.62. The number of rotatable bonds is 4. The second kappa shape index (κ2) is 5.88. The molecule has 0 aliphatic carbocycles. The molecular weight excluding hydrogens is 280 g/mol. The molecular formula is C13H18N2O4S. The Morgan fingerprint density at radius 3 is 2.50 bits per heavy atom. The molecule has 7 heteroatoms. The molecule has 1 aromatic rings. The van der Waals surface area contributed by atoms with Crippen molar-refractivity contribution >= 4 is 15.5 Å². The van der Waals surface area contributed by atoms with Gasteiger partial charge in [-0.3, -0.25) is 10.1 Å². The van der Waals surface area contributed by atoms with Gasteiger partial charge in [0.05, 0.1) is 15.9 Å². The number of nitrogens with zero attached hydrogens (tertiary/aromatic N) is 1. The van der Waals surface area contributed by atoms with Gasteiger partial charge in [0, 0.05) is 18.2 Å². The van der Waals surface area contributed by atoms with Gasteiger partial charge >= 0.3 is 0 Å². The van der Waals surface area contributed by atoms with Gasteiger partial charge in [0.15, 0.2) is 9.84 Å². The van der Waals surface area contributed by atoms with Crippen molar-refractivity contribution in [2.75, 3.05) is 5.75 Å². The fraction of sp³-hybridized carbons (Fsp3) is 0.538. The average Bonchev–Trinajstić information content (AvgIpc) is 2.38. The number of non-ortho nitro benzene ring substituents is 1. The largest absolute Gasteiger partial charge is 0.326 e. The molecule has 0 saturated carbocycles. The minimum absolute atomic E-state index is 0.0209. The zero-order valence-corrected chi connectivity index (χ0v) is 11.9. The molecule has 1 saturated heterocycles. The molecule has 110 valence electrons. The first-order valence-electron chi connectivity index (χ1n) is 6.60. The van der Waals surface area contributed by atoms with Crippen molar-refractivity contribution < 1.29 is 13.3 Å². The Morgan fingerprint density at radius 2 is 1.95 bits per heavy atom. The number of nitro benzene ring substituents is 1. The van der Waals surface area contributed by atoms with Crippen LogP contribution in [-0.4, -0.2) is 30.4 Å². The van der Waals surface area contributed by atoms with Crippen LogP contribution in [0.3, 0.4) is 0 Å². The molecule has 20 heavy (non-hydrogen) atoms. The first-order chi connectivity index (χ1) is 9.40. The molecule has 2 unspecified atom stereocenters. The van der Waals surface area contributed by atoms with Crippen LogP contribution in [0.1, 0.15) is 24.8 Å². The van der Waals surface area contributed by atoms with Crippen molar-refractivity contribution in [1.29, 1.82) is 0 Å². The molecule has 1 heterocycles. The Balaban J connectivity index is 2.07. The Bertz CT molecular complexity index is 583. The molecule has 1 aliphatic heterocycles. The first-order valence-corrected chi connectivity index (χ1v) is 8.32. The number of hydrogen-bond donors (Lipinski definition) is 1. The summed E-state index contributed by atoms with van der Waals surface area (Å²) in [5.41, 5.74) is 6.88. The third-order valence-electron chi connectivity index (χ3n) is 3.72. The minimum Gasteiger partial charge on any atom is -0.326 e. The normalized spacial score (nSPS) is 23.1. The summed E-state index contributed by atoms with van der Waals surface area (Å²) in [5.74, 6) is 0.214. The first kappa shape index (κ1) is 14.9. The summed E-state index contributed by atoms with van der Waals surface area (Å²) in [5, 5.41) is 10.1. The summed E-state index contributed by atoms with van der Waals surface area (Å²) in [6.07, 6.45) is 2.62. The number of nitro groups is 1. The molecule has 0 aromatic heterocycles. The van der Waals surface area contributed by atoms with Gasteiger partial charge in [0.2, 0.25) is 0 Å². The maximum Gasteiger partial charge on any atom is 0.269 e. The van der Waals surface area contributed by atoms with Crippen molar-refractivity contribution in [2.24, 2.45) is 5.73 Å². The molecule has 1 aromatic carbocycles. The van der Waals surface area contributed by atoms with Crippen LogP contribution in [0.25, 0.3) is 0 Å². The summed E-state index contributed by atoms with van der Waals surface area (Å²) >= 11 is 0. The van der Waals surface area contributed by atoms with Crippen LogP contribution in [-0.2, 0) is 16.3 Å². The van der Waals surface area contributed by atoms with Crippen LogP contribution in [0.15, 0.2) is 24.3 Å². The number of nitrogens with two attached hydrogens (primary N) is 1. The second-order valence-electron chi connectivity index (χ2n) is 5.19. The Labute approximate surface area is 118 Å². The van der Waals surface area contributed by atoms with Gasteiger partial charge in [-0.05, 0) is 24.8 Å². The summed E-state index contributed by atoms with van der Waals surface area (Å²) in [7, 11) is -3.10. The molecule has 1 fully saturated rings. The molecule has 1 aliphatic rings. The Hall–Kier alpha value is -1.47. The summed E-state index contributed by atoms with van der Waals surface area (Å²) in [6.45, 7) is 0. The lowest BCUT2D eigenvalue weighted by Crippen LogP contribution is -2.44. The van der Waals surface area contributed by atoms with E-state index in [2.05, 4.69) is 0 Å². The fourth-order valence-corrected chi connectivity index (χ4v) is 4.68. The van der Waals surface area contributed by atoms with E-state index in [9.17, 15) is 18.5 Å². The van der Waals surface area contributed by atoms with Crippen LogP contribution in [0.4, 0.5) is 5.69 Å². The molecule has 0 radical (unpaired) electrons. The molecule has 2 atom stereocenters. The number of sulfone groups is 1. The van der Waals surface area contributed by atoms with Gasteiger partial charge < -0.3 is 5.73 Å². The van der Waals surface area contributed by atoms with Gasteiger partial charge in [-0.25, -0.2) is 8.42 Å². The zero-order valence-electron chi connectivity index (χ0n) is 11.1. The molecule has 6 nitrogen and oxygen atoms in total. The molecule has 0 spiro atoms. The Kier molecular flexibility index (Phi) is 4.39. The number of benzene rings is 1. The number of hydrogen-bond acceptors (Lipinski definition) is 5. The second-order valence-corrected chi connectivity index (χ2v) is 7.53. The van der Waals surface area contributed by atoms with Crippen LogP contribution in [0, 0.1) is 10.1 Å². The van der Waals surface area contributed by atoms with Crippen molar-refractivity contribution in [3.63, 3.8) is 0 Å². The highest BCUT2D eigenvalue weighted by Gasteiger charge is 2.33. The highest BCUT2D eigenvalue weighted by atomic mass is 32.2. The van der Waals surface area contributed by atoms with Crippen LogP contribution in [0.2, 0.25) is 0 Å². The van der Waals surface area contributed by atoms with E-state index < -0.39 is 26.1 Å². The molecule has 0 bridgehead atoms. The van der Waals surface area contributed by atoms with Crippen molar-refractivity contribution in [3.8, 4) is 0 Å². The van der Waals surface area contributed by atoms with Crippen LogP contribution in [0.5, 0.6) is 0 Å². The maximum atomic E-state index is 12.0. The smallest absolute Gasteiger partial charge is 0.269 e. The standard InChI is InChI=1S/C13H18N2O4S/c14-12(13-3-1-2-8-20(13,18)19)9-10-4-6-11(7-5-10)15(16)17/h4-7,12-13H,1-3,8-9,14H2. The van der Waals surface area contributed by atoms with E-state index in [1.165, 1.54) is 12.1 Å². The van der Waals surface area contributed by atoms with E-state index in [4.69, 9.17) is 5.73 Å². The lowest BCUT2D eigenvalue weighted by atomic mass is 10.0. The topological polar surface area (TPSA) is 103 Å². The van der Waals surface area contributed by atoms with E-state index in [0.29, 0.717) is 19.3 Å². The van der Waals surface area contributed by atoms with E-state index in [1.54, 1.807) is 12.1 Å². The quantitative estimate of drug-likeness (QED) is 0.669. The maximum absolute atomic E-state index is 12.0. The van der Waals surface area contributed by atoms with E-state index in [1.807, 2.05) is 0 Å². The third kappa shape index (κ3) is 3.34. The molecule has 2 rings (SSSR count). The zero-order chi connectivity index (χ0) is 14.8. The van der Waals surface area contributed by atoms with E-state index in [-0.39, 0.29) is 11.4 Å². The molecule has 2 N–H and O–H groups in total. The summed E-state index contributed by atoms with van der Waals surface area (Å²) in [4.78, 5) is 10.1. The summed E-state index contributed by atoms with van der Waals surface area (Å²) in [6, 6.07) is 5.64. The van der Waals surface area contributed by atoms with Gasteiger partial charge in [0.1, 0.15) is 0 Å². The Morgan fingerprint density at radius 1 is 1.30 bits per heavy atom. The lowest BCUT2D eigenvalue weighted by molar-refractivity contribution is -0.384. The van der Waals surface area contributed by atoms with E-state index in [0.717, 1.165) is 12.0 Å². The van der Waals surface area contributed by atoms with Crippen molar-refractivity contribution in [1.82, 2.24) is 0 Å². The van der Waals surface area contributed by atoms with Crippen LogP contribution >= 0.6 is 0 Å².